The standard InChI is InChI=1S/C12H23N3O2.ClH/c1-14(2)12(17)9-15(3)11(16)7-6-10-5-4-8-13-10;/h10,13H,4-9H2,1-3H3;1H. The molecule has 1 rings (SSSR count). The van der Waals surface area contributed by atoms with Gasteiger partial charge in [0.05, 0.1) is 6.54 Å². The lowest BCUT2D eigenvalue weighted by Gasteiger charge is -2.20. The zero-order chi connectivity index (χ0) is 12.8. The summed E-state index contributed by atoms with van der Waals surface area (Å²) in [6.45, 7) is 1.23. The molecule has 6 heteroatoms. The van der Waals surface area contributed by atoms with Gasteiger partial charge in [-0.1, -0.05) is 0 Å². The summed E-state index contributed by atoms with van der Waals surface area (Å²) in [7, 11) is 5.08. The summed E-state index contributed by atoms with van der Waals surface area (Å²) in [6, 6.07) is 0.483. The van der Waals surface area contributed by atoms with Gasteiger partial charge < -0.3 is 15.1 Å². The van der Waals surface area contributed by atoms with E-state index in [0.717, 1.165) is 19.4 Å². The first-order chi connectivity index (χ1) is 8.00. The number of halogens is 1. The molecule has 1 unspecified atom stereocenters. The van der Waals surface area contributed by atoms with E-state index >= 15 is 0 Å². The molecule has 0 bridgehead atoms. The quantitative estimate of drug-likeness (QED) is 0.796. The molecule has 0 aliphatic carbocycles. The van der Waals surface area contributed by atoms with Gasteiger partial charge in [-0.3, -0.25) is 9.59 Å². The highest BCUT2D eigenvalue weighted by molar-refractivity contribution is 5.85. The minimum absolute atomic E-state index is 0. The van der Waals surface area contributed by atoms with Crippen molar-refractivity contribution >= 4 is 24.2 Å². The van der Waals surface area contributed by atoms with Crippen LogP contribution in [0.3, 0.4) is 0 Å². The van der Waals surface area contributed by atoms with Crippen molar-refractivity contribution in [3.05, 3.63) is 0 Å². The first kappa shape index (κ1) is 17.2. The molecular formula is C12H24ClN3O2. The van der Waals surface area contributed by atoms with Crippen LogP contribution in [0.25, 0.3) is 0 Å². The van der Waals surface area contributed by atoms with Crippen molar-refractivity contribution in [3.8, 4) is 0 Å². The molecule has 1 atom stereocenters. The zero-order valence-corrected chi connectivity index (χ0v) is 12.3. The second-order valence-electron chi connectivity index (χ2n) is 4.87. The lowest BCUT2D eigenvalue weighted by atomic mass is 10.1. The van der Waals surface area contributed by atoms with Crippen LogP contribution in [0.1, 0.15) is 25.7 Å². The van der Waals surface area contributed by atoms with Crippen molar-refractivity contribution < 1.29 is 9.59 Å². The van der Waals surface area contributed by atoms with Crippen molar-refractivity contribution in [1.29, 1.82) is 0 Å². The summed E-state index contributed by atoms with van der Waals surface area (Å²) >= 11 is 0. The Kier molecular flexibility index (Phi) is 7.95. The Morgan fingerprint density at radius 3 is 2.39 bits per heavy atom. The number of nitrogens with one attached hydrogen (secondary N) is 1. The van der Waals surface area contributed by atoms with Crippen LogP contribution in [0.5, 0.6) is 0 Å². The molecule has 1 aliphatic heterocycles. The third-order valence-electron chi connectivity index (χ3n) is 3.17. The molecule has 0 aromatic heterocycles. The van der Waals surface area contributed by atoms with Crippen LogP contribution >= 0.6 is 12.4 Å². The smallest absolute Gasteiger partial charge is 0.241 e. The molecule has 2 amide bonds. The Labute approximate surface area is 115 Å². The number of hydrogen-bond donors (Lipinski definition) is 1. The Balaban J connectivity index is 0.00000289. The first-order valence-corrected chi connectivity index (χ1v) is 6.18. The van der Waals surface area contributed by atoms with E-state index < -0.39 is 0 Å². The minimum atomic E-state index is -0.0418. The second-order valence-corrected chi connectivity index (χ2v) is 4.87. The van der Waals surface area contributed by atoms with Gasteiger partial charge in [-0.25, -0.2) is 0 Å². The van der Waals surface area contributed by atoms with Crippen LogP contribution in [0.4, 0.5) is 0 Å². The van der Waals surface area contributed by atoms with E-state index in [0.29, 0.717) is 12.5 Å². The van der Waals surface area contributed by atoms with Crippen molar-refractivity contribution in [2.45, 2.75) is 31.7 Å². The van der Waals surface area contributed by atoms with Crippen LogP contribution in [0, 0.1) is 0 Å². The Hall–Kier alpha value is -0.810. The van der Waals surface area contributed by atoms with Gasteiger partial charge >= 0.3 is 0 Å². The summed E-state index contributed by atoms with van der Waals surface area (Å²) in [5.41, 5.74) is 0. The molecule has 0 radical (unpaired) electrons. The molecule has 1 N–H and O–H groups in total. The highest BCUT2D eigenvalue weighted by Gasteiger charge is 2.18. The predicted molar refractivity (Wildman–Crippen MR) is 73.8 cm³/mol. The van der Waals surface area contributed by atoms with Gasteiger partial charge in [-0.05, 0) is 25.8 Å². The summed E-state index contributed by atoms with van der Waals surface area (Å²) in [5, 5.41) is 3.36. The summed E-state index contributed by atoms with van der Waals surface area (Å²) < 4.78 is 0. The predicted octanol–water partition coefficient (Wildman–Crippen LogP) is 0.487. The van der Waals surface area contributed by atoms with E-state index in [9.17, 15) is 9.59 Å². The fourth-order valence-corrected chi connectivity index (χ4v) is 1.92. The van der Waals surface area contributed by atoms with Crippen molar-refractivity contribution in [2.75, 3.05) is 34.2 Å². The fraction of sp³-hybridized carbons (Fsp3) is 0.833. The van der Waals surface area contributed by atoms with Gasteiger partial charge in [-0.15, -0.1) is 12.4 Å². The third-order valence-corrected chi connectivity index (χ3v) is 3.17. The van der Waals surface area contributed by atoms with Gasteiger partial charge in [-0.2, -0.15) is 0 Å². The maximum Gasteiger partial charge on any atom is 0.241 e. The number of rotatable bonds is 5. The molecule has 1 heterocycles. The number of nitrogens with zero attached hydrogens (tertiary/aromatic N) is 2. The minimum Gasteiger partial charge on any atom is -0.347 e. The van der Waals surface area contributed by atoms with Crippen LogP contribution in [0.2, 0.25) is 0 Å². The van der Waals surface area contributed by atoms with Crippen molar-refractivity contribution in [1.82, 2.24) is 15.1 Å². The first-order valence-electron chi connectivity index (χ1n) is 6.18. The van der Waals surface area contributed by atoms with E-state index in [1.807, 2.05) is 0 Å². The Morgan fingerprint density at radius 2 is 1.89 bits per heavy atom. The van der Waals surface area contributed by atoms with Crippen LogP contribution < -0.4 is 5.32 Å². The maximum absolute atomic E-state index is 11.8. The highest BCUT2D eigenvalue weighted by atomic mass is 35.5. The van der Waals surface area contributed by atoms with Gasteiger partial charge in [0.2, 0.25) is 11.8 Å². The lowest BCUT2D eigenvalue weighted by Crippen LogP contribution is -2.38. The molecule has 0 spiro atoms. The lowest BCUT2D eigenvalue weighted by molar-refractivity contribution is -0.138. The Morgan fingerprint density at radius 1 is 1.22 bits per heavy atom. The monoisotopic (exact) mass is 277 g/mol. The molecule has 0 saturated carbocycles. The maximum atomic E-state index is 11.8. The molecule has 0 aromatic rings. The summed E-state index contributed by atoms with van der Waals surface area (Å²) in [4.78, 5) is 26.2. The van der Waals surface area contributed by atoms with Crippen molar-refractivity contribution in [2.24, 2.45) is 0 Å². The number of amides is 2. The molecule has 0 aromatic carbocycles. The molecular weight excluding hydrogens is 254 g/mol. The number of hydrogen-bond acceptors (Lipinski definition) is 3. The van der Waals surface area contributed by atoms with Gasteiger partial charge in [0.15, 0.2) is 0 Å². The molecule has 106 valence electrons. The van der Waals surface area contributed by atoms with Gasteiger partial charge in [0, 0.05) is 33.6 Å². The number of likely N-dealkylation sites (N-methyl/N-ethyl adjacent to an activating group) is 2. The second kappa shape index (κ2) is 8.32. The third kappa shape index (κ3) is 5.69. The average molecular weight is 278 g/mol. The zero-order valence-electron chi connectivity index (χ0n) is 11.4. The molecule has 1 fully saturated rings. The molecule has 1 saturated heterocycles. The van der Waals surface area contributed by atoms with Gasteiger partial charge in [0.25, 0.3) is 0 Å². The van der Waals surface area contributed by atoms with E-state index in [-0.39, 0.29) is 30.8 Å². The molecule has 1 aliphatic rings. The number of carbonyl (C=O) groups is 2. The van der Waals surface area contributed by atoms with Crippen LogP contribution in [0.15, 0.2) is 0 Å². The van der Waals surface area contributed by atoms with E-state index in [1.165, 1.54) is 16.2 Å². The normalized spacial score (nSPS) is 18.1. The Bertz CT molecular complexity index is 278. The molecule has 18 heavy (non-hydrogen) atoms. The average Bonchev–Trinajstić information content (AvgIpc) is 2.78. The van der Waals surface area contributed by atoms with E-state index in [4.69, 9.17) is 0 Å². The summed E-state index contributed by atoms with van der Waals surface area (Å²) in [6.07, 6.45) is 3.76. The fourth-order valence-electron chi connectivity index (χ4n) is 1.92. The summed E-state index contributed by atoms with van der Waals surface area (Å²) in [5.74, 6) is 0.00809. The largest absolute Gasteiger partial charge is 0.347 e. The highest BCUT2D eigenvalue weighted by Crippen LogP contribution is 2.11. The SMILES string of the molecule is CN(C)C(=O)CN(C)C(=O)CCC1CCCN1.Cl. The van der Waals surface area contributed by atoms with Crippen LogP contribution in [-0.4, -0.2) is 61.9 Å². The molecule has 5 nitrogen and oxygen atoms in total. The van der Waals surface area contributed by atoms with Crippen molar-refractivity contribution in [3.63, 3.8) is 0 Å². The van der Waals surface area contributed by atoms with E-state index in [1.54, 1.807) is 21.1 Å². The van der Waals surface area contributed by atoms with Crippen LogP contribution in [-0.2, 0) is 9.59 Å². The van der Waals surface area contributed by atoms with E-state index in [2.05, 4.69) is 5.32 Å². The topological polar surface area (TPSA) is 52.7 Å². The van der Waals surface area contributed by atoms with Gasteiger partial charge in [0.1, 0.15) is 0 Å². The number of carbonyl (C=O) groups excluding carboxylic acids is 2.